The van der Waals surface area contributed by atoms with Crippen molar-refractivity contribution in [1.82, 2.24) is 4.98 Å². The van der Waals surface area contributed by atoms with Gasteiger partial charge >= 0.3 is 0 Å². The molecule has 0 saturated carbocycles. The van der Waals surface area contributed by atoms with E-state index in [1.54, 1.807) is 55.8 Å². The van der Waals surface area contributed by atoms with Crippen LogP contribution in [-0.4, -0.2) is 41.7 Å². The lowest BCUT2D eigenvalue weighted by Crippen LogP contribution is -2.51. The summed E-state index contributed by atoms with van der Waals surface area (Å²) < 4.78 is 5.32. The maximum absolute atomic E-state index is 14.7. The lowest BCUT2D eigenvalue weighted by atomic mass is 9.64. The van der Waals surface area contributed by atoms with Crippen molar-refractivity contribution in [2.75, 3.05) is 17.3 Å². The first-order valence-electron chi connectivity index (χ1n) is 13.6. The number of anilines is 2. The van der Waals surface area contributed by atoms with Crippen LogP contribution >= 0.6 is 0 Å². The number of nitrogens with one attached hydrogen (secondary N) is 1. The van der Waals surface area contributed by atoms with Gasteiger partial charge in [0.15, 0.2) is 11.6 Å². The van der Waals surface area contributed by atoms with Gasteiger partial charge in [-0.1, -0.05) is 48.5 Å². The fourth-order valence-electron chi connectivity index (χ4n) is 6.98. The molecular formula is C34H27N3O4. The Labute approximate surface area is 237 Å². The number of amides is 1. The molecule has 0 aliphatic carbocycles. The van der Waals surface area contributed by atoms with Gasteiger partial charge in [-0.25, -0.2) is 0 Å². The number of allylic oxidation sites excluding steroid dienone is 1. The Hall–Kier alpha value is -5.04. The van der Waals surface area contributed by atoms with Crippen LogP contribution in [0, 0.1) is 5.92 Å². The molecule has 41 heavy (non-hydrogen) atoms. The molecule has 1 N–H and O–H groups in total. The lowest BCUT2D eigenvalue weighted by molar-refractivity contribution is -0.121. The molecule has 0 radical (unpaired) electrons. The van der Waals surface area contributed by atoms with E-state index in [0.717, 1.165) is 16.8 Å². The van der Waals surface area contributed by atoms with Crippen LogP contribution < -0.4 is 15.0 Å². The smallest absolute Gasteiger partial charge is 0.238 e. The zero-order valence-electron chi connectivity index (χ0n) is 22.6. The Bertz CT molecular complexity index is 1750. The van der Waals surface area contributed by atoms with Crippen LogP contribution in [0.3, 0.4) is 0 Å². The van der Waals surface area contributed by atoms with Gasteiger partial charge in [-0.15, -0.1) is 0 Å². The summed E-state index contributed by atoms with van der Waals surface area (Å²) in [7, 11) is 1.57. The molecule has 7 nitrogen and oxygen atoms in total. The molecule has 202 valence electrons. The number of ether oxygens (including phenoxy) is 1. The van der Waals surface area contributed by atoms with Gasteiger partial charge in [0.25, 0.3) is 0 Å². The van der Waals surface area contributed by atoms with Crippen molar-refractivity contribution >= 4 is 34.4 Å². The third-order valence-electron chi connectivity index (χ3n) is 8.73. The van der Waals surface area contributed by atoms with Gasteiger partial charge in [0.05, 0.1) is 19.1 Å². The molecule has 0 bridgehead atoms. The number of nitrogens with zero attached hydrogens (tertiary/aromatic N) is 2. The van der Waals surface area contributed by atoms with Crippen molar-refractivity contribution < 1.29 is 19.1 Å². The van der Waals surface area contributed by atoms with E-state index in [2.05, 4.69) is 10.3 Å². The highest BCUT2D eigenvalue weighted by molar-refractivity contribution is 6.18. The Balaban J connectivity index is 1.54. The van der Waals surface area contributed by atoms with Gasteiger partial charge in [-0.2, -0.15) is 0 Å². The minimum atomic E-state index is -1.37. The first-order valence-corrected chi connectivity index (χ1v) is 13.6. The van der Waals surface area contributed by atoms with Gasteiger partial charge in [0.2, 0.25) is 5.91 Å². The number of fused-ring (bicyclic) bond motifs is 6. The summed E-state index contributed by atoms with van der Waals surface area (Å²) in [5, 5.41) is 3.06. The summed E-state index contributed by atoms with van der Waals surface area (Å²) in [6, 6.07) is 25.8. The highest BCUT2D eigenvalue weighted by Crippen LogP contribution is 2.58. The standard InChI is InChI=1S/C34H27N3O4/c1-20-19-28-34(24-10-4-5-11-25(24)36-33(34)40)29(32(39)26-12-7-8-18-35-26)30(37(28)27-13-6-3-9-23(20)27)31(38)21-14-16-22(41-2)17-15-21/h3-19,28-30H,1-2H3,(H,36,40)/t28-,29-,30+,34+/m1/s1. The number of carbonyl (C=O) groups excluding carboxylic acids is 3. The quantitative estimate of drug-likeness (QED) is 0.344. The molecule has 3 aliphatic heterocycles. The van der Waals surface area contributed by atoms with E-state index in [1.807, 2.05) is 66.4 Å². The number of hydrogen-bond donors (Lipinski definition) is 1. The number of methoxy groups -OCH3 is 1. The van der Waals surface area contributed by atoms with Crippen molar-refractivity contribution in [2.45, 2.75) is 24.4 Å². The monoisotopic (exact) mass is 541 g/mol. The second-order valence-corrected chi connectivity index (χ2v) is 10.7. The van der Waals surface area contributed by atoms with E-state index in [9.17, 15) is 14.4 Å². The predicted molar refractivity (Wildman–Crippen MR) is 156 cm³/mol. The minimum Gasteiger partial charge on any atom is -0.497 e. The average molecular weight is 542 g/mol. The van der Waals surface area contributed by atoms with Crippen LogP contribution in [0.1, 0.15) is 38.9 Å². The van der Waals surface area contributed by atoms with Crippen molar-refractivity contribution in [1.29, 1.82) is 0 Å². The largest absolute Gasteiger partial charge is 0.497 e. The van der Waals surface area contributed by atoms with Crippen LogP contribution in [0.2, 0.25) is 0 Å². The van der Waals surface area contributed by atoms with E-state index in [4.69, 9.17) is 4.74 Å². The molecular weight excluding hydrogens is 514 g/mol. The zero-order chi connectivity index (χ0) is 28.3. The van der Waals surface area contributed by atoms with Crippen LogP contribution in [0.5, 0.6) is 5.75 Å². The highest BCUT2D eigenvalue weighted by Gasteiger charge is 2.70. The third-order valence-corrected chi connectivity index (χ3v) is 8.73. The maximum Gasteiger partial charge on any atom is 0.238 e. The summed E-state index contributed by atoms with van der Waals surface area (Å²) in [6.45, 7) is 2.01. The number of aromatic nitrogens is 1. The maximum atomic E-state index is 14.7. The Morgan fingerprint density at radius 3 is 2.39 bits per heavy atom. The van der Waals surface area contributed by atoms with E-state index < -0.39 is 23.4 Å². The van der Waals surface area contributed by atoms with Crippen LogP contribution in [0.25, 0.3) is 5.57 Å². The highest BCUT2D eigenvalue weighted by atomic mass is 16.5. The fourth-order valence-corrected chi connectivity index (χ4v) is 6.98. The van der Waals surface area contributed by atoms with Crippen molar-refractivity contribution in [3.8, 4) is 5.75 Å². The summed E-state index contributed by atoms with van der Waals surface area (Å²) in [6.07, 6.45) is 3.61. The SMILES string of the molecule is COc1ccc(C(=O)[C@@H]2[C@H](C(=O)c3ccccn3)[C@@]3(C(=O)Nc4ccccc43)[C@H]3C=C(C)c4ccccc4N23)cc1. The molecule has 1 aromatic heterocycles. The molecule has 4 heterocycles. The van der Waals surface area contributed by atoms with E-state index >= 15 is 0 Å². The first-order chi connectivity index (χ1) is 20.0. The number of pyridine rings is 1. The molecule has 3 aromatic carbocycles. The number of hydrogen-bond acceptors (Lipinski definition) is 6. The number of Topliss-reactive ketones (excluding diaryl/α,β-unsaturated/α-hetero) is 2. The topological polar surface area (TPSA) is 88.6 Å². The number of ketones is 2. The molecule has 4 aromatic rings. The normalized spacial score (nSPS) is 23.8. The number of carbonyl (C=O) groups is 3. The molecule has 4 atom stereocenters. The van der Waals surface area contributed by atoms with Gasteiger partial charge in [-0.05, 0) is 66.6 Å². The van der Waals surface area contributed by atoms with E-state index in [0.29, 0.717) is 22.6 Å². The van der Waals surface area contributed by atoms with Gasteiger partial charge < -0.3 is 15.0 Å². The number of rotatable bonds is 5. The van der Waals surface area contributed by atoms with Crippen LogP contribution in [0.4, 0.5) is 11.4 Å². The molecule has 1 fully saturated rings. The van der Waals surface area contributed by atoms with Gasteiger partial charge in [0, 0.05) is 28.7 Å². The predicted octanol–water partition coefficient (Wildman–Crippen LogP) is 5.34. The molecule has 1 spiro atoms. The lowest BCUT2D eigenvalue weighted by Gasteiger charge is -2.39. The van der Waals surface area contributed by atoms with E-state index in [-0.39, 0.29) is 23.2 Å². The summed E-state index contributed by atoms with van der Waals surface area (Å²) >= 11 is 0. The number of benzene rings is 3. The van der Waals surface area contributed by atoms with Gasteiger partial charge in [-0.3, -0.25) is 19.4 Å². The first kappa shape index (κ1) is 25.0. The number of para-hydroxylation sites is 2. The third kappa shape index (κ3) is 3.45. The minimum absolute atomic E-state index is 0.218. The fraction of sp³-hybridized carbons (Fsp3) is 0.176. The van der Waals surface area contributed by atoms with Crippen molar-refractivity contribution in [3.63, 3.8) is 0 Å². The molecule has 0 unspecified atom stereocenters. The Kier molecular flexibility index (Phi) is 5.64. The van der Waals surface area contributed by atoms with Gasteiger partial charge in [0.1, 0.15) is 22.9 Å². The van der Waals surface area contributed by atoms with Crippen LogP contribution in [-0.2, 0) is 10.2 Å². The zero-order valence-corrected chi connectivity index (χ0v) is 22.6. The second kappa shape index (κ2) is 9.27. The molecule has 7 rings (SSSR count). The summed E-state index contributed by atoms with van der Waals surface area (Å²) in [4.78, 5) is 50.2. The Morgan fingerprint density at radius 2 is 1.63 bits per heavy atom. The molecule has 1 amide bonds. The molecule has 7 heteroatoms. The second-order valence-electron chi connectivity index (χ2n) is 10.7. The summed E-state index contributed by atoms with van der Waals surface area (Å²) in [5.41, 5.74) is 3.41. The average Bonchev–Trinajstić information content (AvgIpc) is 3.49. The van der Waals surface area contributed by atoms with Crippen molar-refractivity contribution in [2.24, 2.45) is 5.92 Å². The molecule has 3 aliphatic rings. The van der Waals surface area contributed by atoms with Crippen LogP contribution in [0.15, 0.2) is 103 Å². The molecule has 1 saturated heterocycles. The van der Waals surface area contributed by atoms with E-state index in [1.165, 1.54) is 0 Å². The summed E-state index contributed by atoms with van der Waals surface area (Å²) in [5.74, 6) is -1.33. The van der Waals surface area contributed by atoms with Crippen molar-refractivity contribution in [3.05, 3.63) is 126 Å². The Morgan fingerprint density at radius 1 is 0.902 bits per heavy atom.